The van der Waals surface area contributed by atoms with Crippen molar-refractivity contribution in [3.8, 4) is 0 Å². The average molecular weight is 122 g/mol. The summed E-state index contributed by atoms with van der Waals surface area (Å²) in [5.74, 6) is 0. The lowest BCUT2D eigenvalue weighted by molar-refractivity contribution is -0.480. The van der Waals surface area contributed by atoms with Gasteiger partial charge in [0.2, 0.25) is 6.79 Å². The highest BCUT2D eigenvalue weighted by Crippen LogP contribution is 1.89. The van der Waals surface area contributed by atoms with E-state index in [0.29, 0.717) is 0 Å². The van der Waals surface area contributed by atoms with Crippen LogP contribution in [0.2, 0.25) is 0 Å². The molecule has 0 radical (unpaired) electrons. The second kappa shape index (κ2) is 3.76. The van der Waals surface area contributed by atoms with Gasteiger partial charge in [0.05, 0.1) is 0 Å². The molecule has 1 heterocycles. The van der Waals surface area contributed by atoms with Crippen LogP contribution in [0.5, 0.6) is 0 Å². The Bertz CT molecular complexity index is 31.6. The Kier molecular flexibility index (Phi) is 2.79. The molecule has 0 spiro atoms. The molecule has 0 bridgehead atoms. The maximum absolute atomic E-state index is 4.58. The van der Waals surface area contributed by atoms with Gasteiger partial charge in [0, 0.05) is 0 Å². The van der Waals surface area contributed by atoms with Gasteiger partial charge in [-0.25, -0.2) is 19.6 Å². The molecule has 0 aromatic carbocycles. The fraction of sp³-hybridized carbons (Fsp3) is 1.00. The van der Waals surface area contributed by atoms with E-state index in [4.69, 9.17) is 0 Å². The Hall–Kier alpha value is -0.200. The third-order valence-corrected chi connectivity index (χ3v) is 0.526. The van der Waals surface area contributed by atoms with E-state index in [1.54, 1.807) is 0 Å². The van der Waals surface area contributed by atoms with Crippen molar-refractivity contribution in [1.82, 2.24) is 0 Å². The normalized spacial score (nSPS) is 24.0. The first-order chi connectivity index (χ1) is 4.00. The second-order valence-corrected chi connectivity index (χ2v) is 1.03. The predicted molar refractivity (Wildman–Crippen MR) is 20.0 cm³/mol. The molecule has 0 aromatic rings. The molecule has 5 heteroatoms. The Labute approximate surface area is 45.9 Å². The van der Waals surface area contributed by atoms with Crippen LogP contribution in [0.1, 0.15) is 0 Å². The van der Waals surface area contributed by atoms with E-state index in [1.807, 2.05) is 0 Å². The summed E-state index contributed by atoms with van der Waals surface area (Å²) in [6.45, 7) is 0.121. The van der Waals surface area contributed by atoms with Crippen molar-refractivity contribution in [2.24, 2.45) is 0 Å². The third-order valence-electron chi connectivity index (χ3n) is 0.526. The van der Waals surface area contributed by atoms with Crippen LogP contribution in [-0.2, 0) is 24.3 Å². The molecule has 1 aliphatic heterocycles. The molecule has 0 aliphatic carbocycles. The molecule has 0 amide bonds. The van der Waals surface area contributed by atoms with Crippen molar-refractivity contribution in [2.75, 3.05) is 20.4 Å². The first-order valence-electron chi connectivity index (χ1n) is 2.07. The predicted octanol–water partition coefficient (Wildman–Crippen LogP) is -0.215. The summed E-state index contributed by atoms with van der Waals surface area (Å²) in [4.78, 5) is 17.3. The van der Waals surface area contributed by atoms with E-state index in [1.165, 1.54) is 0 Å². The van der Waals surface area contributed by atoms with E-state index in [-0.39, 0.29) is 20.4 Å². The molecule has 1 aliphatic rings. The van der Waals surface area contributed by atoms with Gasteiger partial charge in [-0.1, -0.05) is 0 Å². The number of hydrogen-bond donors (Lipinski definition) is 0. The number of ether oxygens (including phenoxy) is 1. The molecular formula is C3H6O5. The van der Waals surface area contributed by atoms with Gasteiger partial charge in [0.15, 0.2) is 13.6 Å². The van der Waals surface area contributed by atoms with E-state index < -0.39 is 0 Å². The fourth-order valence-corrected chi connectivity index (χ4v) is 0.258. The van der Waals surface area contributed by atoms with Crippen molar-refractivity contribution < 1.29 is 24.3 Å². The van der Waals surface area contributed by atoms with Crippen LogP contribution in [-0.4, -0.2) is 20.4 Å². The summed E-state index contributed by atoms with van der Waals surface area (Å²) in [6, 6.07) is 0. The van der Waals surface area contributed by atoms with E-state index in [9.17, 15) is 0 Å². The van der Waals surface area contributed by atoms with E-state index >= 15 is 0 Å². The second-order valence-electron chi connectivity index (χ2n) is 1.03. The minimum absolute atomic E-state index is 0.0244. The minimum atomic E-state index is -0.0244. The molecule has 8 heavy (non-hydrogen) atoms. The van der Waals surface area contributed by atoms with Crippen molar-refractivity contribution in [1.29, 1.82) is 0 Å². The molecule has 5 nitrogen and oxygen atoms in total. The van der Waals surface area contributed by atoms with Gasteiger partial charge in [-0.3, -0.25) is 0 Å². The lowest BCUT2D eigenvalue weighted by Gasteiger charge is -2.08. The molecule has 0 N–H and O–H groups in total. The quantitative estimate of drug-likeness (QED) is 0.416. The highest BCUT2D eigenvalue weighted by molar-refractivity contribution is 3.95. The highest BCUT2D eigenvalue weighted by Gasteiger charge is 1.95. The van der Waals surface area contributed by atoms with E-state index in [0.717, 1.165) is 0 Å². The maximum Gasteiger partial charge on any atom is 0.214 e. The van der Waals surface area contributed by atoms with Gasteiger partial charge in [0.25, 0.3) is 0 Å². The minimum Gasteiger partial charge on any atom is -0.323 e. The maximum atomic E-state index is 4.58. The lowest BCUT2D eigenvalue weighted by Crippen LogP contribution is -2.12. The standard InChI is InChI=1S/C3H6O5/c1-4-2-6-8-3-7-5-1/h1-3H2. The first kappa shape index (κ1) is 5.93. The Morgan fingerprint density at radius 1 is 0.625 bits per heavy atom. The molecule has 48 valence electrons. The molecule has 0 atom stereocenters. The third kappa shape index (κ3) is 2.20. The van der Waals surface area contributed by atoms with E-state index in [2.05, 4.69) is 24.3 Å². The Morgan fingerprint density at radius 3 is 1.75 bits per heavy atom. The number of hydrogen-bond acceptors (Lipinski definition) is 5. The molecule has 0 aromatic heterocycles. The zero-order chi connectivity index (χ0) is 5.66. The summed E-state index contributed by atoms with van der Waals surface area (Å²) in [6.07, 6.45) is 0. The van der Waals surface area contributed by atoms with Crippen molar-refractivity contribution in [3.63, 3.8) is 0 Å². The Balaban J connectivity index is 2.00. The van der Waals surface area contributed by atoms with Crippen LogP contribution >= 0.6 is 0 Å². The van der Waals surface area contributed by atoms with Crippen molar-refractivity contribution >= 4 is 0 Å². The van der Waals surface area contributed by atoms with Crippen LogP contribution in [0.15, 0.2) is 0 Å². The summed E-state index contributed by atoms with van der Waals surface area (Å²) in [5, 5.41) is 0. The van der Waals surface area contributed by atoms with Crippen LogP contribution in [0.25, 0.3) is 0 Å². The molecule has 1 saturated heterocycles. The summed E-state index contributed by atoms with van der Waals surface area (Å²) < 4.78 is 4.58. The Morgan fingerprint density at radius 2 is 1.12 bits per heavy atom. The summed E-state index contributed by atoms with van der Waals surface area (Å²) >= 11 is 0. The average Bonchev–Trinajstić information content (AvgIpc) is 1.62. The molecule has 0 unspecified atom stereocenters. The van der Waals surface area contributed by atoms with Crippen molar-refractivity contribution in [2.45, 2.75) is 0 Å². The first-order valence-corrected chi connectivity index (χ1v) is 2.07. The lowest BCUT2D eigenvalue weighted by atomic mass is 11.3. The molecular weight excluding hydrogens is 116 g/mol. The fourth-order valence-electron chi connectivity index (χ4n) is 0.258. The zero-order valence-corrected chi connectivity index (χ0v) is 4.16. The molecule has 1 fully saturated rings. The van der Waals surface area contributed by atoms with Gasteiger partial charge < -0.3 is 4.74 Å². The van der Waals surface area contributed by atoms with Crippen molar-refractivity contribution in [3.05, 3.63) is 0 Å². The van der Waals surface area contributed by atoms with Gasteiger partial charge in [-0.05, 0) is 0 Å². The zero-order valence-electron chi connectivity index (χ0n) is 4.16. The SMILES string of the molecule is C1OCOOCOO1. The largest absolute Gasteiger partial charge is 0.323 e. The topological polar surface area (TPSA) is 46.2 Å². The van der Waals surface area contributed by atoms with Gasteiger partial charge in [0.1, 0.15) is 0 Å². The highest BCUT2D eigenvalue weighted by atomic mass is 17.3. The van der Waals surface area contributed by atoms with Crippen LogP contribution < -0.4 is 0 Å². The molecule has 0 saturated carbocycles. The van der Waals surface area contributed by atoms with Crippen LogP contribution in [0.4, 0.5) is 0 Å². The van der Waals surface area contributed by atoms with Gasteiger partial charge in [-0.15, -0.1) is 0 Å². The van der Waals surface area contributed by atoms with Gasteiger partial charge >= 0.3 is 0 Å². The summed E-state index contributed by atoms with van der Waals surface area (Å²) in [7, 11) is 0. The molecule has 1 rings (SSSR count). The smallest absolute Gasteiger partial charge is 0.214 e. The van der Waals surface area contributed by atoms with Crippen LogP contribution in [0, 0.1) is 0 Å². The summed E-state index contributed by atoms with van der Waals surface area (Å²) in [5.41, 5.74) is 0. The number of rotatable bonds is 0. The monoisotopic (exact) mass is 122 g/mol. The van der Waals surface area contributed by atoms with Gasteiger partial charge in [-0.2, -0.15) is 0 Å². The van der Waals surface area contributed by atoms with Crippen LogP contribution in [0.3, 0.4) is 0 Å².